The van der Waals surface area contributed by atoms with Crippen molar-refractivity contribution in [3.63, 3.8) is 0 Å². The van der Waals surface area contributed by atoms with Crippen LogP contribution in [0, 0.1) is 12.8 Å². The topological polar surface area (TPSA) is 58.1 Å². The molecule has 0 aliphatic carbocycles. The van der Waals surface area contributed by atoms with E-state index < -0.39 is 0 Å². The van der Waals surface area contributed by atoms with Crippen LogP contribution >= 0.6 is 0 Å². The van der Waals surface area contributed by atoms with Gasteiger partial charge in [-0.15, -0.1) is 0 Å². The Morgan fingerprint density at radius 2 is 2.10 bits per heavy atom. The number of anilines is 1. The molecule has 0 atom stereocenters. The minimum Gasteiger partial charge on any atom is -0.359 e. The summed E-state index contributed by atoms with van der Waals surface area (Å²) in [5.41, 5.74) is 1.10. The number of amides is 1. The second kappa shape index (κ2) is 6.68. The molecule has 20 heavy (non-hydrogen) atoms. The van der Waals surface area contributed by atoms with Crippen molar-refractivity contribution in [1.29, 1.82) is 0 Å². The van der Waals surface area contributed by atoms with Crippen LogP contribution < -0.4 is 10.2 Å². The fourth-order valence-electron chi connectivity index (χ4n) is 2.69. The zero-order valence-electron chi connectivity index (χ0n) is 12.6. The Hall–Kier alpha value is -1.65. The molecule has 0 bridgehead atoms. The van der Waals surface area contributed by atoms with E-state index in [-0.39, 0.29) is 5.91 Å². The van der Waals surface area contributed by atoms with Crippen LogP contribution in [-0.2, 0) is 11.2 Å². The lowest BCUT2D eigenvalue weighted by molar-refractivity contribution is -0.121. The largest absolute Gasteiger partial charge is 0.359 e. The van der Waals surface area contributed by atoms with Crippen LogP contribution in [0.25, 0.3) is 0 Å². The van der Waals surface area contributed by atoms with Crippen molar-refractivity contribution >= 4 is 11.7 Å². The molecule has 1 aromatic rings. The number of aromatic nitrogens is 2. The van der Waals surface area contributed by atoms with E-state index >= 15 is 0 Å². The van der Waals surface area contributed by atoms with Crippen molar-refractivity contribution in [3.8, 4) is 0 Å². The van der Waals surface area contributed by atoms with E-state index in [0.29, 0.717) is 12.3 Å². The van der Waals surface area contributed by atoms with E-state index in [1.165, 1.54) is 0 Å². The zero-order chi connectivity index (χ0) is 14.5. The van der Waals surface area contributed by atoms with Crippen LogP contribution in [-0.4, -0.2) is 36.0 Å². The maximum absolute atomic E-state index is 11.4. The summed E-state index contributed by atoms with van der Waals surface area (Å²) in [6, 6.07) is 2.09. The van der Waals surface area contributed by atoms with Crippen molar-refractivity contribution in [1.82, 2.24) is 15.3 Å². The monoisotopic (exact) mass is 276 g/mol. The molecule has 110 valence electrons. The molecule has 1 N–H and O–H groups in total. The Morgan fingerprint density at radius 1 is 1.40 bits per heavy atom. The second-order valence-corrected chi connectivity index (χ2v) is 5.43. The van der Waals surface area contributed by atoms with Gasteiger partial charge in [0.15, 0.2) is 0 Å². The first-order valence-corrected chi connectivity index (χ1v) is 7.42. The standard InChI is InChI=1S/C15H24N4O/c1-4-13-10-14(18-11(2)17-13)19-7-5-12(6-8-19)9-15(20)16-3/h10,12H,4-9H2,1-3H3,(H,16,20). The van der Waals surface area contributed by atoms with E-state index in [1.54, 1.807) is 7.05 Å². The number of nitrogens with zero attached hydrogens (tertiary/aromatic N) is 3. The SMILES string of the molecule is CCc1cc(N2CCC(CC(=O)NC)CC2)nc(C)n1. The van der Waals surface area contributed by atoms with Gasteiger partial charge in [0, 0.05) is 38.3 Å². The van der Waals surface area contributed by atoms with E-state index in [2.05, 4.69) is 33.2 Å². The second-order valence-electron chi connectivity index (χ2n) is 5.43. The third-order valence-corrected chi connectivity index (χ3v) is 3.93. The quantitative estimate of drug-likeness (QED) is 0.909. The van der Waals surface area contributed by atoms with Crippen molar-refractivity contribution in [2.75, 3.05) is 25.0 Å². The van der Waals surface area contributed by atoms with Crippen molar-refractivity contribution in [3.05, 3.63) is 17.6 Å². The van der Waals surface area contributed by atoms with Gasteiger partial charge in [0.05, 0.1) is 0 Å². The van der Waals surface area contributed by atoms with E-state index in [1.807, 2.05) is 6.92 Å². The predicted molar refractivity (Wildman–Crippen MR) is 79.8 cm³/mol. The molecular weight excluding hydrogens is 252 g/mol. The number of aryl methyl sites for hydroxylation is 2. The fraction of sp³-hybridized carbons (Fsp3) is 0.667. The first-order valence-electron chi connectivity index (χ1n) is 7.42. The fourth-order valence-corrected chi connectivity index (χ4v) is 2.69. The molecular formula is C15H24N4O. The summed E-state index contributed by atoms with van der Waals surface area (Å²) in [4.78, 5) is 22.7. The van der Waals surface area contributed by atoms with Gasteiger partial charge in [0.1, 0.15) is 11.6 Å². The molecule has 1 saturated heterocycles. The minimum atomic E-state index is 0.148. The summed E-state index contributed by atoms with van der Waals surface area (Å²) >= 11 is 0. The lowest BCUT2D eigenvalue weighted by atomic mass is 9.93. The first kappa shape index (κ1) is 14.8. The molecule has 1 fully saturated rings. The van der Waals surface area contributed by atoms with Crippen LogP contribution in [0.15, 0.2) is 6.07 Å². The highest BCUT2D eigenvalue weighted by atomic mass is 16.1. The molecule has 1 amide bonds. The normalized spacial score (nSPS) is 16.2. The van der Waals surface area contributed by atoms with Gasteiger partial charge >= 0.3 is 0 Å². The van der Waals surface area contributed by atoms with Crippen molar-refractivity contribution in [2.45, 2.75) is 39.5 Å². The summed E-state index contributed by atoms with van der Waals surface area (Å²) in [7, 11) is 1.70. The summed E-state index contributed by atoms with van der Waals surface area (Å²) < 4.78 is 0. The molecule has 0 unspecified atom stereocenters. The van der Waals surface area contributed by atoms with Crippen LogP contribution in [0.3, 0.4) is 0 Å². The third-order valence-electron chi connectivity index (χ3n) is 3.93. The number of hydrogen-bond donors (Lipinski definition) is 1. The van der Waals surface area contributed by atoms with Gasteiger partial charge in [-0.1, -0.05) is 6.92 Å². The molecule has 2 rings (SSSR count). The van der Waals surface area contributed by atoms with E-state index in [9.17, 15) is 4.79 Å². The highest BCUT2D eigenvalue weighted by Gasteiger charge is 2.22. The smallest absolute Gasteiger partial charge is 0.220 e. The number of carbonyl (C=O) groups excluding carboxylic acids is 1. The Morgan fingerprint density at radius 3 is 2.70 bits per heavy atom. The lowest BCUT2D eigenvalue weighted by Gasteiger charge is -2.32. The summed E-state index contributed by atoms with van der Waals surface area (Å²) in [6.45, 7) is 6.00. The molecule has 0 saturated carbocycles. The number of hydrogen-bond acceptors (Lipinski definition) is 4. The average molecular weight is 276 g/mol. The highest BCUT2D eigenvalue weighted by molar-refractivity contribution is 5.75. The van der Waals surface area contributed by atoms with E-state index in [0.717, 1.165) is 49.7 Å². The molecule has 2 heterocycles. The molecule has 1 aliphatic heterocycles. The van der Waals surface area contributed by atoms with Gasteiger partial charge in [0.25, 0.3) is 0 Å². The van der Waals surface area contributed by atoms with Crippen LogP contribution in [0.2, 0.25) is 0 Å². The van der Waals surface area contributed by atoms with Crippen LogP contribution in [0.4, 0.5) is 5.82 Å². The maximum atomic E-state index is 11.4. The van der Waals surface area contributed by atoms with Crippen molar-refractivity contribution in [2.24, 2.45) is 5.92 Å². The Bertz CT molecular complexity index is 467. The van der Waals surface area contributed by atoms with Crippen LogP contribution in [0.1, 0.15) is 37.7 Å². The van der Waals surface area contributed by atoms with Crippen molar-refractivity contribution < 1.29 is 4.79 Å². The highest BCUT2D eigenvalue weighted by Crippen LogP contribution is 2.24. The van der Waals surface area contributed by atoms with Gasteiger partial charge in [0.2, 0.25) is 5.91 Å². The average Bonchev–Trinajstić information content (AvgIpc) is 2.47. The minimum absolute atomic E-state index is 0.148. The van der Waals surface area contributed by atoms with Gasteiger partial charge in [-0.25, -0.2) is 9.97 Å². The summed E-state index contributed by atoms with van der Waals surface area (Å²) in [6.07, 6.45) is 3.69. The molecule has 0 aromatic carbocycles. The summed E-state index contributed by atoms with van der Waals surface area (Å²) in [5, 5.41) is 2.70. The zero-order valence-corrected chi connectivity index (χ0v) is 12.6. The molecule has 1 aromatic heterocycles. The molecule has 0 spiro atoms. The summed E-state index contributed by atoms with van der Waals surface area (Å²) in [5.74, 6) is 2.52. The van der Waals surface area contributed by atoms with Gasteiger partial charge in [-0.3, -0.25) is 4.79 Å². The third kappa shape index (κ3) is 3.68. The molecule has 5 nitrogen and oxygen atoms in total. The van der Waals surface area contributed by atoms with Gasteiger partial charge in [-0.2, -0.15) is 0 Å². The Labute approximate surface area is 120 Å². The first-order chi connectivity index (χ1) is 9.62. The Balaban J connectivity index is 1.96. The Kier molecular flexibility index (Phi) is 4.93. The predicted octanol–water partition coefficient (Wildman–Crippen LogP) is 1.70. The van der Waals surface area contributed by atoms with Gasteiger partial charge < -0.3 is 10.2 Å². The van der Waals surface area contributed by atoms with Crippen LogP contribution in [0.5, 0.6) is 0 Å². The number of piperidine rings is 1. The van der Waals surface area contributed by atoms with Gasteiger partial charge in [-0.05, 0) is 32.1 Å². The number of nitrogens with one attached hydrogen (secondary N) is 1. The number of rotatable bonds is 4. The molecule has 1 aliphatic rings. The molecule has 0 radical (unpaired) electrons. The molecule has 5 heteroatoms. The van der Waals surface area contributed by atoms with E-state index in [4.69, 9.17) is 0 Å². The number of carbonyl (C=O) groups is 1. The lowest BCUT2D eigenvalue weighted by Crippen LogP contribution is -2.36. The maximum Gasteiger partial charge on any atom is 0.220 e.